The third-order valence-electron chi connectivity index (χ3n) is 2.98. The molecule has 2 heterocycles. The van der Waals surface area contributed by atoms with E-state index in [1.54, 1.807) is 18.2 Å². The molecule has 0 saturated carbocycles. The number of halogens is 2. The van der Waals surface area contributed by atoms with Gasteiger partial charge in [-0.2, -0.15) is 0 Å². The highest BCUT2D eigenvalue weighted by atomic mass is 79.9. The predicted molar refractivity (Wildman–Crippen MR) is 78.0 cm³/mol. The lowest BCUT2D eigenvalue weighted by Crippen LogP contribution is -2.05. The summed E-state index contributed by atoms with van der Waals surface area (Å²) in [5, 5.41) is 10.9. The van der Waals surface area contributed by atoms with Gasteiger partial charge in [0.25, 0.3) is 0 Å². The molecule has 0 amide bonds. The zero-order chi connectivity index (χ0) is 14.3. The van der Waals surface area contributed by atoms with Crippen LogP contribution in [0.15, 0.2) is 28.9 Å². The standard InChI is InChI=1S/C13H10BrClN2O3/c14-9-1-6(2-10-12(9)20-5-19-10)11(18)8-3-7(15)4-17-13(8)16/h1-4,11,18H,5H2,(H2,16,17). The van der Waals surface area contributed by atoms with Crippen molar-refractivity contribution in [3.05, 3.63) is 45.0 Å². The zero-order valence-corrected chi connectivity index (χ0v) is 12.5. The van der Waals surface area contributed by atoms with Crippen molar-refractivity contribution in [2.75, 3.05) is 12.5 Å². The summed E-state index contributed by atoms with van der Waals surface area (Å²) >= 11 is 9.27. The molecule has 0 aliphatic carbocycles. The number of nitrogens with zero attached hydrogens (tertiary/aromatic N) is 1. The van der Waals surface area contributed by atoms with Gasteiger partial charge >= 0.3 is 0 Å². The highest BCUT2D eigenvalue weighted by molar-refractivity contribution is 9.10. The second kappa shape index (κ2) is 5.12. The number of hydrogen-bond acceptors (Lipinski definition) is 5. The summed E-state index contributed by atoms with van der Waals surface area (Å²) in [6.07, 6.45) is 0.481. The maximum absolute atomic E-state index is 10.5. The second-order valence-corrected chi connectivity index (χ2v) is 5.56. The van der Waals surface area contributed by atoms with E-state index in [1.807, 2.05) is 0 Å². The Kier molecular flexibility index (Phi) is 3.45. The SMILES string of the molecule is Nc1ncc(Cl)cc1C(O)c1cc(Br)c2c(c1)OCO2. The Morgan fingerprint density at radius 2 is 2.15 bits per heavy atom. The molecule has 1 unspecified atom stereocenters. The lowest BCUT2D eigenvalue weighted by molar-refractivity contribution is 0.173. The fraction of sp³-hybridized carbons (Fsp3) is 0.154. The molecule has 3 N–H and O–H groups in total. The molecule has 0 spiro atoms. The number of pyridine rings is 1. The van der Waals surface area contributed by atoms with Crippen molar-refractivity contribution in [3.8, 4) is 11.5 Å². The predicted octanol–water partition coefficient (Wildman–Crippen LogP) is 2.89. The van der Waals surface area contributed by atoms with Gasteiger partial charge in [-0.15, -0.1) is 0 Å². The maximum atomic E-state index is 10.5. The molecule has 2 aromatic rings. The van der Waals surface area contributed by atoms with E-state index in [9.17, 15) is 5.11 Å². The third-order valence-corrected chi connectivity index (χ3v) is 3.77. The summed E-state index contributed by atoms with van der Waals surface area (Å²) in [4.78, 5) is 3.94. The minimum absolute atomic E-state index is 0.161. The van der Waals surface area contributed by atoms with Gasteiger partial charge in [0.15, 0.2) is 11.5 Å². The monoisotopic (exact) mass is 356 g/mol. The number of aliphatic hydroxyl groups excluding tert-OH is 1. The first-order valence-corrected chi connectivity index (χ1v) is 6.91. The number of hydrogen-bond donors (Lipinski definition) is 2. The van der Waals surface area contributed by atoms with Gasteiger partial charge in [0, 0.05) is 11.8 Å². The average Bonchev–Trinajstić information content (AvgIpc) is 2.89. The summed E-state index contributed by atoms with van der Waals surface area (Å²) in [6, 6.07) is 5.05. The van der Waals surface area contributed by atoms with Crippen molar-refractivity contribution < 1.29 is 14.6 Å². The number of ether oxygens (including phenoxy) is 2. The zero-order valence-electron chi connectivity index (χ0n) is 10.1. The molecule has 1 aromatic heterocycles. The first-order chi connectivity index (χ1) is 9.56. The molecule has 1 aliphatic rings. The van der Waals surface area contributed by atoms with E-state index in [0.717, 1.165) is 0 Å². The van der Waals surface area contributed by atoms with E-state index in [2.05, 4.69) is 20.9 Å². The van der Waals surface area contributed by atoms with Crippen molar-refractivity contribution in [2.24, 2.45) is 0 Å². The molecule has 0 bridgehead atoms. The fourth-order valence-corrected chi connectivity index (χ4v) is 2.75. The molecule has 0 fully saturated rings. The molecule has 1 atom stereocenters. The van der Waals surface area contributed by atoms with Crippen molar-refractivity contribution in [1.82, 2.24) is 4.98 Å². The Bertz CT molecular complexity index is 681. The number of anilines is 1. The Balaban J connectivity index is 2.04. The van der Waals surface area contributed by atoms with E-state index in [4.69, 9.17) is 26.8 Å². The molecule has 7 heteroatoms. The van der Waals surface area contributed by atoms with Gasteiger partial charge in [0.2, 0.25) is 6.79 Å². The van der Waals surface area contributed by atoms with Crippen LogP contribution in [0.25, 0.3) is 0 Å². The van der Waals surface area contributed by atoms with Crippen LogP contribution in [0.5, 0.6) is 11.5 Å². The van der Waals surface area contributed by atoms with Crippen molar-refractivity contribution in [1.29, 1.82) is 0 Å². The van der Waals surface area contributed by atoms with Gasteiger partial charge in [0.05, 0.1) is 9.50 Å². The first kappa shape index (κ1) is 13.5. The third kappa shape index (κ3) is 2.30. The highest BCUT2D eigenvalue weighted by Gasteiger charge is 2.22. The van der Waals surface area contributed by atoms with Crippen molar-refractivity contribution >= 4 is 33.3 Å². The van der Waals surface area contributed by atoms with Crippen LogP contribution in [0.3, 0.4) is 0 Å². The molecule has 0 radical (unpaired) electrons. The molecule has 104 valence electrons. The Hall–Kier alpha value is -1.50. The van der Waals surface area contributed by atoms with Gasteiger partial charge in [-0.1, -0.05) is 11.6 Å². The molecular formula is C13H10BrClN2O3. The van der Waals surface area contributed by atoms with Crippen LogP contribution in [0.4, 0.5) is 5.82 Å². The van der Waals surface area contributed by atoms with E-state index in [1.165, 1.54) is 6.20 Å². The van der Waals surface area contributed by atoms with Crippen LogP contribution in [-0.2, 0) is 0 Å². The lowest BCUT2D eigenvalue weighted by atomic mass is 10.0. The summed E-state index contributed by atoms with van der Waals surface area (Å²) in [7, 11) is 0. The molecule has 3 rings (SSSR count). The molecule has 20 heavy (non-hydrogen) atoms. The van der Waals surface area contributed by atoms with Crippen LogP contribution < -0.4 is 15.2 Å². The molecule has 5 nitrogen and oxygen atoms in total. The largest absolute Gasteiger partial charge is 0.454 e. The normalized spacial score (nSPS) is 14.3. The van der Waals surface area contributed by atoms with E-state index >= 15 is 0 Å². The van der Waals surface area contributed by atoms with Crippen LogP contribution in [-0.4, -0.2) is 16.9 Å². The first-order valence-electron chi connectivity index (χ1n) is 5.74. The average molecular weight is 358 g/mol. The molecular weight excluding hydrogens is 348 g/mol. The van der Waals surface area contributed by atoms with E-state index < -0.39 is 6.10 Å². The highest BCUT2D eigenvalue weighted by Crippen LogP contribution is 2.42. The van der Waals surface area contributed by atoms with E-state index in [-0.39, 0.29) is 12.6 Å². The number of nitrogen functional groups attached to an aromatic ring is 1. The summed E-state index contributed by atoms with van der Waals surface area (Å²) in [5.74, 6) is 1.43. The molecule has 1 aliphatic heterocycles. The van der Waals surface area contributed by atoms with Crippen molar-refractivity contribution in [2.45, 2.75) is 6.10 Å². The van der Waals surface area contributed by atoms with Gasteiger partial charge in [0.1, 0.15) is 11.9 Å². The Morgan fingerprint density at radius 3 is 2.95 bits per heavy atom. The van der Waals surface area contributed by atoms with Gasteiger partial charge in [-0.25, -0.2) is 4.98 Å². The van der Waals surface area contributed by atoms with Crippen LogP contribution in [0.2, 0.25) is 5.02 Å². The number of benzene rings is 1. The number of fused-ring (bicyclic) bond motifs is 1. The quantitative estimate of drug-likeness (QED) is 0.864. The number of aromatic nitrogens is 1. The summed E-state index contributed by atoms with van der Waals surface area (Å²) < 4.78 is 11.3. The minimum atomic E-state index is -0.952. The van der Waals surface area contributed by atoms with Crippen molar-refractivity contribution in [3.63, 3.8) is 0 Å². The van der Waals surface area contributed by atoms with Gasteiger partial charge < -0.3 is 20.3 Å². The Labute approximate surface area is 128 Å². The maximum Gasteiger partial charge on any atom is 0.231 e. The van der Waals surface area contributed by atoms with Gasteiger partial charge in [-0.3, -0.25) is 0 Å². The molecule has 0 saturated heterocycles. The number of rotatable bonds is 2. The van der Waals surface area contributed by atoms with Crippen LogP contribution in [0, 0.1) is 0 Å². The van der Waals surface area contributed by atoms with Crippen LogP contribution in [0.1, 0.15) is 17.2 Å². The minimum Gasteiger partial charge on any atom is -0.454 e. The lowest BCUT2D eigenvalue weighted by Gasteiger charge is -2.14. The van der Waals surface area contributed by atoms with Crippen LogP contribution >= 0.6 is 27.5 Å². The smallest absolute Gasteiger partial charge is 0.231 e. The summed E-state index contributed by atoms with van der Waals surface area (Å²) in [5.41, 5.74) is 6.84. The Morgan fingerprint density at radius 1 is 1.35 bits per heavy atom. The second-order valence-electron chi connectivity index (χ2n) is 4.27. The molecule has 1 aromatic carbocycles. The van der Waals surface area contributed by atoms with E-state index in [0.29, 0.717) is 32.1 Å². The number of aliphatic hydroxyl groups is 1. The summed E-state index contributed by atoms with van der Waals surface area (Å²) in [6.45, 7) is 0.161. The number of nitrogens with two attached hydrogens (primary N) is 1. The van der Waals surface area contributed by atoms with Gasteiger partial charge in [-0.05, 0) is 39.7 Å². The topological polar surface area (TPSA) is 77.6 Å². The fourth-order valence-electron chi connectivity index (χ4n) is 2.01.